The van der Waals surface area contributed by atoms with Crippen LogP contribution < -0.4 is 5.73 Å². The number of halogens is 1. The Morgan fingerprint density at radius 1 is 1.45 bits per heavy atom. The number of hydrogen-bond acceptors (Lipinski definition) is 3. The highest BCUT2D eigenvalue weighted by atomic mass is 79.9. The predicted octanol–water partition coefficient (Wildman–Crippen LogP) is 2.51. The van der Waals surface area contributed by atoms with Crippen LogP contribution in [0.4, 0.5) is 0 Å². The van der Waals surface area contributed by atoms with Crippen molar-refractivity contribution in [1.29, 1.82) is 0 Å². The van der Waals surface area contributed by atoms with E-state index in [0.717, 1.165) is 22.9 Å². The lowest BCUT2D eigenvalue weighted by Gasteiger charge is -2.34. The summed E-state index contributed by atoms with van der Waals surface area (Å²) in [5.41, 5.74) is 6.71. The maximum absolute atomic E-state index is 12.8. The van der Waals surface area contributed by atoms with Crippen LogP contribution in [0.1, 0.15) is 25.3 Å². The van der Waals surface area contributed by atoms with Gasteiger partial charge in [0.25, 0.3) is 0 Å². The first-order valence-electron chi connectivity index (χ1n) is 6.84. The lowest BCUT2D eigenvalue weighted by Crippen LogP contribution is -2.45. The molecule has 1 aromatic carbocycles. The molecule has 1 aliphatic heterocycles. The number of benzene rings is 1. The van der Waals surface area contributed by atoms with Gasteiger partial charge in [0.2, 0.25) is 10.0 Å². The summed E-state index contributed by atoms with van der Waals surface area (Å²) in [7, 11) is -3.43. The first-order valence-corrected chi connectivity index (χ1v) is 9.07. The van der Waals surface area contributed by atoms with E-state index >= 15 is 0 Å². The van der Waals surface area contributed by atoms with Crippen LogP contribution >= 0.6 is 15.9 Å². The molecule has 2 N–H and O–H groups in total. The van der Waals surface area contributed by atoms with Gasteiger partial charge in [0, 0.05) is 23.6 Å². The Kier molecular flexibility index (Phi) is 4.89. The molecule has 1 heterocycles. The van der Waals surface area contributed by atoms with E-state index in [0.29, 0.717) is 18.0 Å². The van der Waals surface area contributed by atoms with Crippen LogP contribution in [0.2, 0.25) is 0 Å². The molecule has 1 fully saturated rings. The van der Waals surface area contributed by atoms with Crippen molar-refractivity contribution in [3.05, 3.63) is 28.2 Å². The van der Waals surface area contributed by atoms with Crippen molar-refractivity contribution in [3.63, 3.8) is 0 Å². The Hall–Kier alpha value is -0.430. The number of rotatable bonds is 3. The summed E-state index contributed by atoms with van der Waals surface area (Å²) >= 11 is 3.34. The van der Waals surface area contributed by atoms with Crippen LogP contribution in [0.5, 0.6) is 0 Å². The molecule has 1 saturated heterocycles. The number of nitrogens with zero attached hydrogens (tertiary/aromatic N) is 1. The summed E-state index contributed by atoms with van der Waals surface area (Å²) in [6.45, 7) is 4.88. The van der Waals surface area contributed by atoms with Crippen molar-refractivity contribution < 1.29 is 8.42 Å². The van der Waals surface area contributed by atoms with Gasteiger partial charge < -0.3 is 5.73 Å². The third-order valence-corrected chi connectivity index (χ3v) is 6.43. The molecule has 0 radical (unpaired) electrons. The molecule has 0 bridgehead atoms. The molecular weight excluding hydrogens is 340 g/mol. The zero-order valence-corrected chi connectivity index (χ0v) is 14.2. The quantitative estimate of drug-likeness (QED) is 0.900. The van der Waals surface area contributed by atoms with Gasteiger partial charge in [-0.15, -0.1) is 0 Å². The maximum atomic E-state index is 12.8. The van der Waals surface area contributed by atoms with Crippen molar-refractivity contribution in [2.24, 2.45) is 11.7 Å². The standard InChI is InChI=1S/C14H21BrN2O2S/c1-10-5-6-13(15)8-14(10)20(18,19)17-7-3-4-12(9-17)11(2)16/h5-6,8,11-12H,3-4,7,9,16H2,1-2H3/t11-,12-/m0/s1. The summed E-state index contributed by atoms with van der Waals surface area (Å²) in [4.78, 5) is 0.386. The van der Waals surface area contributed by atoms with Crippen LogP contribution in [0.15, 0.2) is 27.6 Å². The maximum Gasteiger partial charge on any atom is 0.243 e. The smallest absolute Gasteiger partial charge is 0.243 e. The molecule has 0 aliphatic carbocycles. The Labute approximate surface area is 129 Å². The predicted molar refractivity (Wildman–Crippen MR) is 84.0 cm³/mol. The van der Waals surface area contributed by atoms with Gasteiger partial charge in [0.05, 0.1) is 4.90 Å². The number of piperidine rings is 1. The van der Waals surface area contributed by atoms with Crippen molar-refractivity contribution in [1.82, 2.24) is 4.31 Å². The Balaban J connectivity index is 2.32. The van der Waals surface area contributed by atoms with E-state index < -0.39 is 10.0 Å². The minimum absolute atomic E-state index is 0.0246. The van der Waals surface area contributed by atoms with E-state index in [9.17, 15) is 8.42 Å². The van der Waals surface area contributed by atoms with Crippen molar-refractivity contribution in [2.75, 3.05) is 13.1 Å². The topological polar surface area (TPSA) is 63.4 Å². The first-order chi connectivity index (χ1) is 9.32. The molecule has 2 rings (SSSR count). The number of hydrogen-bond donors (Lipinski definition) is 1. The highest BCUT2D eigenvalue weighted by Gasteiger charge is 2.32. The van der Waals surface area contributed by atoms with E-state index in [-0.39, 0.29) is 12.0 Å². The minimum atomic E-state index is -3.43. The van der Waals surface area contributed by atoms with Crippen molar-refractivity contribution in [2.45, 2.75) is 37.6 Å². The molecule has 0 amide bonds. The fraction of sp³-hybridized carbons (Fsp3) is 0.571. The summed E-state index contributed by atoms with van der Waals surface area (Å²) in [6, 6.07) is 5.39. The summed E-state index contributed by atoms with van der Waals surface area (Å²) in [5.74, 6) is 0.242. The van der Waals surface area contributed by atoms with Gasteiger partial charge >= 0.3 is 0 Å². The second-order valence-electron chi connectivity index (χ2n) is 5.53. The van der Waals surface area contributed by atoms with E-state index in [2.05, 4.69) is 15.9 Å². The largest absolute Gasteiger partial charge is 0.328 e. The molecule has 2 atom stereocenters. The van der Waals surface area contributed by atoms with Crippen LogP contribution in [-0.2, 0) is 10.0 Å². The molecule has 0 aromatic heterocycles. The highest BCUT2D eigenvalue weighted by molar-refractivity contribution is 9.10. The second kappa shape index (κ2) is 6.13. The molecular formula is C14H21BrN2O2S. The molecule has 1 aliphatic rings. The average Bonchev–Trinajstić information content (AvgIpc) is 2.41. The normalized spacial score (nSPS) is 22.7. The Morgan fingerprint density at radius 2 is 2.15 bits per heavy atom. The number of aryl methyl sites for hydroxylation is 1. The zero-order valence-electron chi connectivity index (χ0n) is 11.8. The van der Waals surface area contributed by atoms with Crippen LogP contribution in [-0.4, -0.2) is 31.9 Å². The molecule has 1 aromatic rings. The van der Waals surface area contributed by atoms with Gasteiger partial charge in [0.1, 0.15) is 0 Å². The van der Waals surface area contributed by atoms with Crippen molar-refractivity contribution in [3.8, 4) is 0 Å². The summed E-state index contributed by atoms with van der Waals surface area (Å²) < 4.78 is 27.9. The SMILES string of the molecule is Cc1ccc(Br)cc1S(=O)(=O)N1CCC[C@H]([C@H](C)N)C1. The van der Waals surface area contributed by atoms with Gasteiger partial charge in [-0.2, -0.15) is 4.31 Å². The first kappa shape index (κ1) is 15.9. The Bertz CT molecular complexity index is 587. The number of nitrogens with two attached hydrogens (primary N) is 1. The van der Waals surface area contributed by atoms with E-state index in [1.165, 1.54) is 0 Å². The van der Waals surface area contributed by atoms with Gasteiger partial charge in [-0.05, 0) is 50.3 Å². The molecule has 0 spiro atoms. The molecule has 0 saturated carbocycles. The molecule has 6 heteroatoms. The summed E-state index contributed by atoms with van der Waals surface area (Å²) in [6.07, 6.45) is 1.87. The third-order valence-electron chi connectivity index (χ3n) is 3.93. The second-order valence-corrected chi connectivity index (χ2v) is 8.36. The number of sulfonamides is 1. The van der Waals surface area contributed by atoms with Crippen LogP contribution in [0.3, 0.4) is 0 Å². The zero-order chi connectivity index (χ0) is 14.9. The van der Waals surface area contributed by atoms with Gasteiger partial charge in [0.15, 0.2) is 0 Å². The van der Waals surface area contributed by atoms with E-state index in [1.807, 2.05) is 26.0 Å². The van der Waals surface area contributed by atoms with E-state index in [4.69, 9.17) is 5.73 Å². The van der Waals surface area contributed by atoms with Gasteiger partial charge in [-0.25, -0.2) is 8.42 Å². The summed E-state index contributed by atoms with van der Waals surface area (Å²) in [5, 5.41) is 0. The monoisotopic (exact) mass is 360 g/mol. The lowest BCUT2D eigenvalue weighted by molar-refractivity contribution is 0.243. The lowest BCUT2D eigenvalue weighted by atomic mass is 9.93. The van der Waals surface area contributed by atoms with Crippen LogP contribution in [0.25, 0.3) is 0 Å². The molecule has 112 valence electrons. The molecule has 4 nitrogen and oxygen atoms in total. The third kappa shape index (κ3) is 3.24. The van der Waals surface area contributed by atoms with Gasteiger partial charge in [-0.1, -0.05) is 22.0 Å². The van der Waals surface area contributed by atoms with E-state index in [1.54, 1.807) is 10.4 Å². The average molecular weight is 361 g/mol. The van der Waals surface area contributed by atoms with Crippen LogP contribution in [0, 0.1) is 12.8 Å². The van der Waals surface area contributed by atoms with Gasteiger partial charge in [-0.3, -0.25) is 0 Å². The minimum Gasteiger partial charge on any atom is -0.328 e. The Morgan fingerprint density at radius 3 is 2.80 bits per heavy atom. The molecule has 20 heavy (non-hydrogen) atoms. The fourth-order valence-electron chi connectivity index (χ4n) is 2.61. The molecule has 0 unspecified atom stereocenters. The van der Waals surface area contributed by atoms with Crippen molar-refractivity contribution >= 4 is 26.0 Å². The fourth-order valence-corrected chi connectivity index (χ4v) is 4.91. The highest BCUT2D eigenvalue weighted by Crippen LogP contribution is 2.28.